The summed E-state index contributed by atoms with van der Waals surface area (Å²) in [5.74, 6) is 0.691. The summed E-state index contributed by atoms with van der Waals surface area (Å²) < 4.78 is 5.32. The lowest BCUT2D eigenvalue weighted by molar-refractivity contribution is 0.0673. The van der Waals surface area contributed by atoms with Crippen LogP contribution in [0.15, 0.2) is 4.99 Å². The highest BCUT2D eigenvalue weighted by Gasteiger charge is 2.20. The van der Waals surface area contributed by atoms with Gasteiger partial charge in [0.1, 0.15) is 0 Å². The molecule has 0 amide bonds. The van der Waals surface area contributed by atoms with E-state index < -0.39 is 0 Å². The number of hydrogen-bond donors (Lipinski definition) is 1. The van der Waals surface area contributed by atoms with Crippen LogP contribution in [0.25, 0.3) is 0 Å². The molecule has 5 nitrogen and oxygen atoms in total. The minimum Gasteiger partial charge on any atom is -0.378 e. The lowest BCUT2D eigenvalue weighted by atomic mass is 10.2. The topological polar surface area (TPSA) is 54.1 Å². The molecule has 2 N–H and O–H groups in total. The maximum Gasteiger partial charge on any atom is 0.191 e. The van der Waals surface area contributed by atoms with Gasteiger partial charge < -0.3 is 15.4 Å². The smallest absolute Gasteiger partial charge is 0.191 e. The van der Waals surface area contributed by atoms with Gasteiger partial charge in [0, 0.05) is 19.1 Å². The van der Waals surface area contributed by atoms with Crippen molar-refractivity contribution in [1.82, 2.24) is 9.80 Å². The number of aliphatic imine (C=N–C) groups is 1. The number of halogens is 1. The van der Waals surface area contributed by atoms with E-state index >= 15 is 0 Å². The number of guanidine groups is 1. The Hall–Kier alpha value is -0.0800. The Kier molecular flexibility index (Phi) is 8.01. The largest absolute Gasteiger partial charge is 0.378 e. The van der Waals surface area contributed by atoms with Crippen LogP contribution in [0.5, 0.6) is 0 Å². The molecule has 2 fully saturated rings. The molecule has 19 heavy (non-hydrogen) atoms. The molecule has 1 atom stereocenters. The summed E-state index contributed by atoms with van der Waals surface area (Å²) in [7, 11) is 0. The second-order valence-corrected chi connectivity index (χ2v) is 5.10. The quantitative estimate of drug-likeness (QED) is 0.450. The van der Waals surface area contributed by atoms with E-state index in [4.69, 9.17) is 10.5 Å². The van der Waals surface area contributed by atoms with Crippen LogP contribution in [0.1, 0.15) is 26.2 Å². The zero-order valence-corrected chi connectivity index (χ0v) is 14.2. The molecule has 0 spiro atoms. The number of ether oxygens (including phenoxy) is 1. The number of nitrogens with zero attached hydrogens (tertiary/aromatic N) is 3. The Balaban J connectivity index is 0.00000180. The minimum atomic E-state index is 0. The van der Waals surface area contributed by atoms with E-state index in [1.165, 1.54) is 25.9 Å². The van der Waals surface area contributed by atoms with Gasteiger partial charge in [-0.1, -0.05) is 6.92 Å². The Bertz CT molecular complexity index is 276. The molecule has 2 aliphatic heterocycles. The maximum absolute atomic E-state index is 6.05. The molecule has 2 aliphatic rings. The van der Waals surface area contributed by atoms with E-state index in [2.05, 4.69) is 21.7 Å². The van der Waals surface area contributed by atoms with Crippen molar-refractivity contribution in [3.05, 3.63) is 0 Å². The average Bonchev–Trinajstić information content (AvgIpc) is 2.94. The van der Waals surface area contributed by atoms with Crippen molar-refractivity contribution in [1.29, 1.82) is 0 Å². The van der Waals surface area contributed by atoms with Gasteiger partial charge in [-0.15, -0.1) is 24.0 Å². The van der Waals surface area contributed by atoms with Gasteiger partial charge in [-0.05, 0) is 32.4 Å². The lowest BCUT2D eigenvalue weighted by Gasteiger charge is -2.29. The first kappa shape index (κ1) is 17.0. The molecular weight excluding hydrogens is 355 g/mol. The first-order chi connectivity index (χ1) is 8.81. The molecule has 0 aromatic heterocycles. The zero-order valence-electron chi connectivity index (χ0n) is 11.9. The van der Waals surface area contributed by atoms with Gasteiger partial charge in [0.15, 0.2) is 5.96 Å². The molecule has 2 saturated heterocycles. The van der Waals surface area contributed by atoms with Gasteiger partial charge in [0.05, 0.1) is 19.8 Å². The molecule has 1 unspecified atom stereocenters. The standard InChI is InChI=1S/C13H26N4O.HI/c1-2-12(16-5-3-4-6-16)11-15-13(14)17-7-9-18-10-8-17;/h12H,2-11H2,1H3,(H2,14,15);1H. The third kappa shape index (κ3) is 5.07. The van der Waals surface area contributed by atoms with E-state index in [1.807, 2.05) is 0 Å². The van der Waals surface area contributed by atoms with Crippen LogP contribution in [0, 0.1) is 0 Å². The molecule has 0 saturated carbocycles. The first-order valence-corrected chi connectivity index (χ1v) is 7.18. The normalized spacial score (nSPS) is 23.2. The molecule has 2 heterocycles. The number of likely N-dealkylation sites (tertiary alicyclic amines) is 1. The van der Waals surface area contributed by atoms with E-state index in [0.717, 1.165) is 39.3 Å². The second kappa shape index (κ2) is 8.97. The van der Waals surface area contributed by atoms with E-state index in [-0.39, 0.29) is 24.0 Å². The fourth-order valence-corrected chi connectivity index (χ4v) is 2.70. The van der Waals surface area contributed by atoms with Gasteiger partial charge in [-0.3, -0.25) is 9.89 Å². The molecule has 112 valence electrons. The molecule has 0 bridgehead atoms. The monoisotopic (exact) mass is 382 g/mol. The third-order valence-electron chi connectivity index (χ3n) is 3.93. The second-order valence-electron chi connectivity index (χ2n) is 5.10. The summed E-state index contributed by atoms with van der Waals surface area (Å²) in [4.78, 5) is 9.26. The van der Waals surface area contributed by atoms with Crippen LogP contribution in [-0.4, -0.2) is 67.7 Å². The number of nitrogens with two attached hydrogens (primary N) is 1. The molecule has 0 aromatic carbocycles. The van der Waals surface area contributed by atoms with E-state index in [0.29, 0.717) is 12.0 Å². The molecule has 6 heteroatoms. The summed E-state index contributed by atoms with van der Waals surface area (Å²) in [5, 5.41) is 0. The number of hydrogen-bond acceptors (Lipinski definition) is 3. The zero-order chi connectivity index (χ0) is 12.8. The van der Waals surface area contributed by atoms with Crippen molar-refractivity contribution in [3.8, 4) is 0 Å². The van der Waals surface area contributed by atoms with Crippen LogP contribution >= 0.6 is 24.0 Å². The molecule has 0 aliphatic carbocycles. The van der Waals surface area contributed by atoms with Gasteiger partial charge in [-0.25, -0.2) is 0 Å². The predicted molar refractivity (Wildman–Crippen MR) is 89.2 cm³/mol. The molecule has 0 aromatic rings. The van der Waals surface area contributed by atoms with Crippen molar-refractivity contribution < 1.29 is 4.74 Å². The van der Waals surface area contributed by atoms with Gasteiger partial charge in [-0.2, -0.15) is 0 Å². The van der Waals surface area contributed by atoms with Crippen LogP contribution in [0.2, 0.25) is 0 Å². The van der Waals surface area contributed by atoms with Crippen molar-refractivity contribution in [2.45, 2.75) is 32.2 Å². The molecule has 2 rings (SSSR count). The summed E-state index contributed by atoms with van der Waals surface area (Å²) >= 11 is 0. The van der Waals surface area contributed by atoms with Crippen molar-refractivity contribution in [2.75, 3.05) is 45.9 Å². The fraction of sp³-hybridized carbons (Fsp3) is 0.923. The van der Waals surface area contributed by atoms with Crippen LogP contribution in [0.4, 0.5) is 0 Å². The lowest BCUT2D eigenvalue weighted by Crippen LogP contribution is -2.45. The van der Waals surface area contributed by atoms with Crippen molar-refractivity contribution in [3.63, 3.8) is 0 Å². The average molecular weight is 382 g/mol. The molecular formula is C13H27IN4O. The van der Waals surface area contributed by atoms with Crippen molar-refractivity contribution in [2.24, 2.45) is 10.7 Å². The number of morpholine rings is 1. The van der Waals surface area contributed by atoms with Gasteiger partial charge in [0.25, 0.3) is 0 Å². The van der Waals surface area contributed by atoms with Crippen molar-refractivity contribution >= 4 is 29.9 Å². The summed E-state index contributed by atoms with van der Waals surface area (Å²) in [6.07, 6.45) is 3.82. The van der Waals surface area contributed by atoms with Crippen LogP contribution < -0.4 is 5.73 Å². The summed E-state index contributed by atoms with van der Waals surface area (Å²) in [6, 6.07) is 0.562. The Morgan fingerprint density at radius 1 is 1.21 bits per heavy atom. The van der Waals surface area contributed by atoms with Crippen LogP contribution in [0.3, 0.4) is 0 Å². The Morgan fingerprint density at radius 2 is 1.84 bits per heavy atom. The number of rotatable bonds is 4. The molecule has 0 radical (unpaired) electrons. The Morgan fingerprint density at radius 3 is 2.42 bits per heavy atom. The first-order valence-electron chi connectivity index (χ1n) is 7.18. The minimum absolute atomic E-state index is 0. The van der Waals surface area contributed by atoms with E-state index in [9.17, 15) is 0 Å². The third-order valence-corrected chi connectivity index (χ3v) is 3.93. The summed E-state index contributed by atoms with van der Waals surface area (Å²) in [5.41, 5.74) is 6.05. The van der Waals surface area contributed by atoms with Gasteiger partial charge in [0.2, 0.25) is 0 Å². The predicted octanol–water partition coefficient (Wildman–Crippen LogP) is 1.13. The highest BCUT2D eigenvalue weighted by atomic mass is 127. The SMILES string of the molecule is CCC(CN=C(N)N1CCOCC1)N1CCCC1.I. The van der Waals surface area contributed by atoms with Gasteiger partial charge >= 0.3 is 0 Å². The maximum atomic E-state index is 6.05. The Labute approximate surface area is 133 Å². The van der Waals surface area contributed by atoms with Crippen LogP contribution in [-0.2, 0) is 4.74 Å². The fourth-order valence-electron chi connectivity index (χ4n) is 2.70. The summed E-state index contributed by atoms with van der Waals surface area (Å²) in [6.45, 7) is 8.80. The highest BCUT2D eigenvalue weighted by molar-refractivity contribution is 14.0. The highest BCUT2D eigenvalue weighted by Crippen LogP contribution is 2.14. The van der Waals surface area contributed by atoms with E-state index in [1.54, 1.807) is 0 Å².